The lowest BCUT2D eigenvalue weighted by molar-refractivity contribution is -0.195. The van der Waals surface area contributed by atoms with Gasteiger partial charge in [0.05, 0.1) is 13.2 Å². The van der Waals surface area contributed by atoms with Gasteiger partial charge < -0.3 is 23.7 Å². The summed E-state index contributed by atoms with van der Waals surface area (Å²) in [6.45, 7) is 2.09. The van der Waals surface area contributed by atoms with Gasteiger partial charge in [-0.3, -0.25) is 9.59 Å². The third-order valence-corrected chi connectivity index (χ3v) is 5.70. The fourth-order valence-electron chi connectivity index (χ4n) is 4.26. The van der Waals surface area contributed by atoms with Gasteiger partial charge in [-0.2, -0.15) is 0 Å². The van der Waals surface area contributed by atoms with Gasteiger partial charge in [-0.1, -0.05) is 19.3 Å². The first kappa shape index (κ1) is 22.8. The largest absolute Gasteiger partial charge is 0.469 e. The highest BCUT2D eigenvalue weighted by molar-refractivity contribution is 5.69. The molecule has 1 saturated heterocycles. The first-order chi connectivity index (χ1) is 13.5. The lowest BCUT2D eigenvalue weighted by Crippen LogP contribution is -2.32. The minimum Gasteiger partial charge on any atom is -0.469 e. The number of ether oxygens (including phenoxy) is 4. The second kappa shape index (κ2) is 12.2. The molecule has 0 bridgehead atoms. The van der Waals surface area contributed by atoms with Gasteiger partial charge in [0.2, 0.25) is 0 Å². The summed E-state index contributed by atoms with van der Waals surface area (Å²) in [5.41, 5.74) is 0. The van der Waals surface area contributed by atoms with E-state index in [0.29, 0.717) is 19.4 Å². The Kier molecular flexibility index (Phi) is 9.92. The Balaban J connectivity index is 1.85. The number of hydrogen-bond acceptors (Lipinski definition) is 7. The number of aldehydes is 1. The zero-order chi connectivity index (χ0) is 20.4. The zero-order valence-corrected chi connectivity index (χ0v) is 17.1. The van der Waals surface area contributed by atoms with E-state index >= 15 is 0 Å². The number of hydrogen-bond donors (Lipinski definition) is 0. The van der Waals surface area contributed by atoms with E-state index in [1.807, 2.05) is 0 Å². The average molecular weight is 398 g/mol. The van der Waals surface area contributed by atoms with Gasteiger partial charge in [0.15, 0.2) is 6.29 Å². The van der Waals surface area contributed by atoms with Crippen molar-refractivity contribution in [3.8, 4) is 0 Å². The molecule has 0 radical (unpaired) electrons. The van der Waals surface area contributed by atoms with Crippen molar-refractivity contribution in [1.29, 1.82) is 0 Å². The summed E-state index contributed by atoms with van der Waals surface area (Å²) in [7, 11) is 1.40. The number of rotatable bonds is 11. The summed E-state index contributed by atoms with van der Waals surface area (Å²) in [6, 6.07) is 0. The summed E-state index contributed by atoms with van der Waals surface area (Å²) < 4.78 is 21.9. The minimum atomic E-state index is -0.327. The van der Waals surface area contributed by atoms with Gasteiger partial charge in [0, 0.05) is 38.2 Å². The molecular formula is C21H34O7. The van der Waals surface area contributed by atoms with Crippen molar-refractivity contribution in [2.45, 2.75) is 89.6 Å². The summed E-state index contributed by atoms with van der Waals surface area (Å²) in [4.78, 5) is 34.5. The van der Waals surface area contributed by atoms with Crippen molar-refractivity contribution in [2.24, 2.45) is 11.8 Å². The van der Waals surface area contributed by atoms with Crippen molar-refractivity contribution >= 4 is 18.2 Å². The third kappa shape index (κ3) is 7.17. The predicted octanol–water partition coefficient (Wildman–Crippen LogP) is 3.18. The Labute approximate surface area is 167 Å². The van der Waals surface area contributed by atoms with E-state index in [0.717, 1.165) is 57.7 Å². The lowest BCUT2D eigenvalue weighted by Gasteiger charge is -2.28. The maximum absolute atomic E-state index is 11.8. The van der Waals surface area contributed by atoms with Crippen molar-refractivity contribution in [3.05, 3.63) is 0 Å². The molecule has 2 unspecified atom stereocenters. The maximum Gasteiger partial charge on any atom is 0.305 e. The Morgan fingerprint density at radius 1 is 1.11 bits per heavy atom. The molecule has 2 rings (SSSR count). The maximum atomic E-state index is 11.8. The van der Waals surface area contributed by atoms with Gasteiger partial charge in [0.25, 0.3) is 0 Å². The molecular weight excluding hydrogens is 364 g/mol. The van der Waals surface area contributed by atoms with Crippen molar-refractivity contribution < 1.29 is 33.3 Å². The van der Waals surface area contributed by atoms with Crippen LogP contribution < -0.4 is 0 Å². The Bertz CT molecular complexity index is 501. The molecule has 28 heavy (non-hydrogen) atoms. The molecule has 160 valence electrons. The van der Waals surface area contributed by atoms with Crippen LogP contribution in [0.4, 0.5) is 0 Å². The zero-order valence-electron chi connectivity index (χ0n) is 17.1. The molecule has 7 heteroatoms. The quantitative estimate of drug-likeness (QED) is 0.300. The van der Waals surface area contributed by atoms with Crippen LogP contribution in [0.15, 0.2) is 0 Å². The van der Waals surface area contributed by atoms with E-state index < -0.39 is 0 Å². The van der Waals surface area contributed by atoms with Crippen LogP contribution in [0.1, 0.15) is 71.1 Å². The third-order valence-electron chi connectivity index (χ3n) is 5.70. The van der Waals surface area contributed by atoms with Crippen LogP contribution in [0.2, 0.25) is 0 Å². The van der Waals surface area contributed by atoms with Gasteiger partial charge in [-0.05, 0) is 32.1 Å². The van der Waals surface area contributed by atoms with Crippen LogP contribution in [0.3, 0.4) is 0 Å². The topological polar surface area (TPSA) is 88.1 Å². The molecule has 0 aromatic rings. The van der Waals surface area contributed by atoms with E-state index in [2.05, 4.69) is 4.74 Å². The van der Waals surface area contributed by atoms with E-state index in [1.165, 1.54) is 14.0 Å². The minimum absolute atomic E-state index is 0.0319. The number of carbonyl (C=O) groups excluding carboxylic acids is 3. The molecule has 2 aliphatic rings. The molecule has 0 aromatic heterocycles. The van der Waals surface area contributed by atoms with Crippen molar-refractivity contribution in [1.82, 2.24) is 0 Å². The van der Waals surface area contributed by atoms with Crippen molar-refractivity contribution in [3.63, 3.8) is 0 Å². The van der Waals surface area contributed by atoms with Gasteiger partial charge in [0.1, 0.15) is 12.4 Å². The summed E-state index contributed by atoms with van der Waals surface area (Å²) in [6.07, 6.45) is 8.44. The van der Waals surface area contributed by atoms with E-state index in [9.17, 15) is 14.4 Å². The van der Waals surface area contributed by atoms with Crippen LogP contribution >= 0.6 is 0 Å². The molecule has 2 fully saturated rings. The van der Waals surface area contributed by atoms with E-state index in [1.54, 1.807) is 0 Å². The molecule has 1 aliphatic carbocycles. The highest BCUT2D eigenvalue weighted by Gasteiger charge is 2.46. The number of unbranched alkanes of at least 4 members (excludes halogenated alkanes) is 3. The second-order valence-corrected chi connectivity index (χ2v) is 7.76. The van der Waals surface area contributed by atoms with Crippen molar-refractivity contribution in [2.75, 3.05) is 13.7 Å². The van der Waals surface area contributed by atoms with Crippen LogP contribution in [-0.4, -0.2) is 50.4 Å². The number of carbonyl (C=O) groups is 3. The number of esters is 2. The van der Waals surface area contributed by atoms with Gasteiger partial charge in [-0.15, -0.1) is 0 Å². The monoisotopic (exact) mass is 398 g/mol. The van der Waals surface area contributed by atoms with Gasteiger partial charge >= 0.3 is 11.9 Å². The summed E-state index contributed by atoms with van der Waals surface area (Å²) in [5.74, 6) is -0.829. The molecule has 0 N–H and O–H groups in total. The fourth-order valence-corrected chi connectivity index (χ4v) is 4.26. The first-order valence-electron chi connectivity index (χ1n) is 10.5. The normalized spacial score (nSPS) is 30.0. The SMILES string of the molecule is COC(=O)CCCCCC[C@H]1[C@@H](OC(C)=O)CC(OC2CCCCO2)[C@@H]1C=O. The highest BCUT2D eigenvalue weighted by atomic mass is 16.7. The molecule has 1 saturated carbocycles. The molecule has 1 aliphatic heterocycles. The highest BCUT2D eigenvalue weighted by Crippen LogP contribution is 2.39. The lowest BCUT2D eigenvalue weighted by atomic mass is 9.89. The fraction of sp³-hybridized carbons (Fsp3) is 0.857. The van der Waals surface area contributed by atoms with E-state index in [-0.39, 0.29) is 42.3 Å². The molecule has 5 atom stereocenters. The van der Waals surface area contributed by atoms with Crippen LogP contribution in [0.5, 0.6) is 0 Å². The van der Waals surface area contributed by atoms with Crippen LogP contribution in [0, 0.1) is 11.8 Å². The molecule has 0 aromatic carbocycles. The van der Waals surface area contributed by atoms with Gasteiger partial charge in [-0.25, -0.2) is 0 Å². The Morgan fingerprint density at radius 2 is 1.89 bits per heavy atom. The Hall–Kier alpha value is -1.47. The summed E-state index contributed by atoms with van der Waals surface area (Å²) in [5, 5.41) is 0. The first-order valence-corrected chi connectivity index (χ1v) is 10.5. The smallest absolute Gasteiger partial charge is 0.305 e. The van der Waals surface area contributed by atoms with E-state index in [4.69, 9.17) is 14.2 Å². The molecule has 7 nitrogen and oxygen atoms in total. The molecule has 0 spiro atoms. The second-order valence-electron chi connectivity index (χ2n) is 7.76. The predicted molar refractivity (Wildman–Crippen MR) is 101 cm³/mol. The summed E-state index contributed by atoms with van der Waals surface area (Å²) >= 11 is 0. The van der Waals surface area contributed by atoms with Crippen LogP contribution in [-0.2, 0) is 33.3 Å². The molecule has 1 heterocycles. The standard InChI is InChI=1S/C21H34O7/c1-15(23)27-18-13-19(28-21-11-7-8-12-26-21)17(14-22)16(18)9-5-3-4-6-10-20(24)25-2/h14,16-19,21H,3-13H2,1-2H3/t16-,17-,18+,19?,21?/m1/s1. The molecule has 0 amide bonds. The number of methoxy groups -OCH3 is 1. The average Bonchev–Trinajstić information content (AvgIpc) is 3.00. The van der Waals surface area contributed by atoms with Crippen LogP contribution in [0.25, 0.3) is 0 Å². The Morgan fingerprint density at radius 3 is 2.54 bits per heavy atom.